The molecule has 128 valence electrons. The van der Waals surface area contributed by atoms with Crippen LogP contribution in [0.3, 0.4) is 0 Å². The fourth-order valence-electron chi connectivity index (χ4n) is 3.08. The van der Waals surface area contributed by atoms with Crippen molar-refractivity contribution in [2.45, 2.75) is 58.4 Å². The smallest absolute Gasteiger partial charge is 0.270 e. The number of sulfone groups is 1. The average molecular weight is 339 g/mol. The van der Waals surface area contributed by atoms with Gasteiger partial charge in [-0.3, -0.25) is 14.6 Å². The van der Waals surface area contributed by atoms with Gasteiger partial charge in [0.15, 0.2) is 0 Å². The second kappa shape index (κ2) is 5.82. The highest BCUT2D eigenvalue weighted by Gasteiger charge is 2.46. The summed E-state index contributed by atoms with van der Waals surface area (Å²) in [5.41, 5.74) is 0.819. The summed E-state index contributed by atoms with van der Waals surface area (Å²) in [5, 5.41) is 12.0. The Bertz CT molecular complexity index is 784. The average Bonchev–Trinajstić information content (AvgIpc) is 3.03. The van der Waals surface area contributed by atoms with Gasteiger partial charge < -0.3 is 0 Å². The van der Waals surface area contributed by atoms with E-state index in [4.69, 9.17) is 5.26 Å². The molecule has 1 fully saturated rings. The van der Waals surface area contributed by atoms with Crippen LogP contribution in [0.5, 0.6) is 0 Å². The van der Waals surface area contributed by atoms with Gasteiger partial charge in [-0.2, -0.15) is 5.26 Å². The van der Waals surface area contributed by atoms with Gasteiger partial charge in [-0.25, -0.2) is 8.42 Å². The highest BCUT2D eigenvalue weighted by molar-refractivity contribution is 7.90. The maximum Gasteiger partial charge on any atom is 0.270 e. The van der Waals surface area contributed by atoms with Crippen molar-refractivity contribution in [3.8, 4) is 6.07 Å². The lowest BCUT2D eigenvalue weighted by atomic mass is 9.88. The summed E-state index contributed by atoms with van der Waals surface area (Å²) in [6.07, 6.45) is 3.60. The number of aromatic nitrogens is 2. The van der Waals surface area contributed by atoms with E-state index in [0.29, 0.717) is 24.9 Å². The molecule has 1 aliphatic rings. The molecule has 0 aromatic carbocycles. The van der Waals surface area contributed by atoms with Crippen LogP contribution in [-0.2, 0) is 28.2 Å². The monoisotopic (exact) mass is 339 g/mol. The van der Waals surface area contributed by atoms with Crippen LogP contribution in [0.1, 0.15) is 51.3 Å². The molecule has 0 radical (unpaired) electrons. The molecule has 1 heterocycles. The largest absolute Gasteiger partial charge is 0.299 e. The van der Waals surface area contributed by atoms with Crippen molar-refractivity contribution in [1.29, 1.82) is 5.26 Å². The van der Waals surface area contributed by atoms with E-state index in [2.05, 4.69) is 11.2 Å². The van der Waals surface area contributed by atoms with Crippen LogP contribution >= 0.6 is 0 Å². The van der Waals surface area contributed by atoms with Crippen molar-refractivity contribution in [3.05, 3.63) is 21.6 Å². The molecule has 1 N–H and O–H groups in total. The number of H-pyrrole nitrogens is 1. The molecule has 0 aliphatic heterocycles. The molecule has 1 saturated carbocycles. The van der Waals surface area contributed by atoms with Gasteiger partial charge in [0.1, 0.15) is 9.84 Å². The van der Waals surface area contributed by atoms with Gasteiger partial charge in [0, 0.05) is 41.3 Å². The van der Waals surface area contributed by atoms with Gasteiger partial charge in [-0.1, -0.05) is 20.8 Å². The maximum absolute atomic E-state index is 12.7. The molecule has 0 spiro atoms. The predicted octanol–water partition coefficient (Wildman–Crippen LogP) is 1.75. The number of nitrogens with one attached hydrogen (secondary N) is 1. The Labute approximate surface area is 137 Å². The van der Waals surface area contributed by atoms with Crippen LogP contribution < -0.4 is 5.56 Å². The highest BCUT2D eigenvalue weighted by Crippen LogP contribution is 2.47. The summed E-state index contributed by atoms with van der Waals surface area (Å²) in [6, 6.07) is 2.08. The lowest BCUT2D eigenvalue weighted by molar-refractivity contribution is 0.414. The number of nitriles is 1. The molecule has 1 aromatic rings. The van der Waals surface area contributed by atoms with Crippen molar-refractivity contribution in [2.24, 2.45) is 5.41 Å². The standard InChI is InChI=1S/C16H25N3O3S/c1-15(2,3)13-12(6-5-9-17)14(20)19(18-13)10-16(7-8-16)11-23(4,21)22/h18H,5-8,10-11H2,1-4H3. The van der Waals surface area contributed by atoms with E-state index in [1.54, 1.807) is 4.68 Å². The van der Waals surface area contributed by atoms with Crippen LogP contribution in [0.2, 0.25) is 0 Å². The molecule has 7 heteroatoms. The lowest BCUT2D eigenvalue weighted by Crippen LogP contribution is -2.28. The van der Waals surface area contributed by atoms with Gasteiger partial charge in [0.25, 0.3) is 5.56 Å². The Morgan fingerprint density at radius 2 is 1.96 bits per heavy atom. The molecule has 0 atom stereocenters. The molecule has 0 unspecified atom stereocenters. The summed E-state index contributed by atoms with van der Waals surface area (Å²) >= 11 is 0. The summed E-state index contributed by atoms with van der Waals surface area (Å²) in [7, 11) is -3.07. The SMILES string of the molecule is CC(C)(C)c1[nH]n(CC2(CS(C)(=O)=O)CC2)c(=O)c1CCC#N. The zero-order chi connectivity index (χ0) is 17.5. The van der Waals surface area contributed by atoms with E-state index in [0.717, 1.165) is 18.5 Å². The van der Waals surface area contributed by atoms with Crippen molar-refractivity contribution >= 4 is 9.84 Å². The predicted molar refractivity (Wildman–Crippen MR) is 89.1 cm³/mol. The van der Waals surface area contributed by atoms with Crippen LogP contribution in [-0.4, -0.2) is 30.2 Å². The van der Waals surface area contributed by atoms with Gasteiger partial charge in [-0.05, 0) is 19.3 Å². The van der Waals surface area contributed by atoms with Gasteiger partial charge in [0.2, 0.25) is 0 Å². The summed E-state index contributed by atoms with van der Waals surface area (Å²) in [4.78, 5) is 12.7. The minimum absolute atomic E-state index is 0.115. The summed E-state index contributed by atoms with van der Waals surface area (Å²) in [6.45, 7) is 6.44. The normalized spacial score (nSPS) is 17.0. The van der Waals surface area contributed by atoms with Gasteiger partial charge >= 0.3 is 0 Å². The maximum atomic E-state index is 12.7. The first kappa shape index (κ1) is 17.8. The van der Waals surface area contributed by atoms with E-state index in [1.807, 2.05) is 20.8 Å². The first-order valence-electron chi connectivity index (χ1n) is 7.84. The molecule has 0 amide bonds. The zero-order valence-electron chi connectivity index (χ0n) is 14.3. The number of nitrogens with zero attached hydrogens (tertiary/aromatic N) is 2. The number of rotatable bonds is 6. The van der Waals surface area contributed by atoms with Crippen LogP contribution in [0.15, 0.2) is 4.79 Å². The fourth-order valence-corrected chi connectivity index (χ4v) is 4.58. The van der Waals surface area contributed by atoms with Crippen LogP contribution in [0.25, 0.3) is 0 Å². The van der Waals surface area contributed by atoms with Gasteiger partial charge in [0.05, 0.1) is 11.8 Å². The quantitative estimate of drug-likeness (QED) is 0.854. The third-order valence-electron chi connectivity index (χ3n) is 4.31. The Hall–Kier alpha value is -1.55. The Morgan fingerprint density at radius 3 is 2.39 bits per heavy atom. The number of hydrogen-bond acceptors (Lipinski definition) is 4. The second-order valence-electron chi connectivity index (χ2n) is 7.83. The second-order valence-corrected chi connectivity index (χ2v) is 9.98. The van der Waals surface area contributed by atoms with E-state index < -0.39 is 9.84 Å². The van der Waals surface area contributed by atoms with Crippen LogP contribution in [0.4, 0.5) is 0 Å². The first-order valence-corrected chi connectivity index (χ1v) is 9.90. The molecule has 1 aromatic heterocycles. The molecule has 0 bridgehead atoms. The Kier molecular flexibility index (Phi) is 4.51. The van der Waals surface area contributed by atoms with Crippen molar-refractivity contribution in [3.63, 3.8) is 0 Å². The number of aromatic amines is 1. The third kappa shape index (κ3) is 4.25. The topological polar surface area (TPSA) is 95.7 Å². The van der Waals surface area contributed by atoms with E-state index in [1.165, 1.54) is 6.26 Å². The molecule has 2 rings (SSSR count). The highest BCUT2D eigenvalue weighted by atomic mass is 32.2. The van der Waals surface area contributed by atoms with Gasteiger partial charge in [-0.15, -0.1) is 0 Å². The van der Waals surface area contributed by atoms with E-state index >= 15 is 0 Å². The molecular formula is C16H25N3O3S. The van der Waals surface area contributed by atoms with Crippen molar-refractivity contribution in [2.75, 3.05) is 12.0 Å². The first-order chi connectivity index (χ1) is 10.5. The third-order valence-corrected chi connectivity index (χ3v) is 5.44. The molecule has 6 nitrogen and oxygen atoms in total. The Morgan fingerprint density at radius 1 is 1.35 bits per heavy atom. The number of hydrogen-bond donors (Lipinski definition) is 1. The lowest BCUT2D eigenvalue weighted by Gasteiger charge is -2.18. The molecule has 23 heavy (non-hydrogen) atoms. The van der Waals surface area contributed by atoms with Crippen LogP contribution in [0, 0.1) is 16.7 Å². The summed E-state index contributed by atoms with van der Waals surface area (Å²) in [5.74, 6) is 0.115. The van der Waals surface area contributed by atoms with E-state index in [9.17, 15) is 13.2 Å². The minimum atomic E-state index is -3.07. The fraction of sp³-hybridized carbons (Fsp3) is 0.750. The molecule has 0 saturated heterocycles. The zero-order valence-corrected chi connectivity index (χ0v) is 15.1. The van der Waals surface area contributed by atoms with Crippen molar-refractivity contribution < 1.29 is 8.42 Å². The minimum Gasteiger partial charge on any atom is -0.299 e. The Balaban J connectivity index is 2.36. The van der Waals surface area contributed by atoms with E-state index in [-0.39, 0.29) is 22.1 Å². The summed E-state index contributed by atoms with van der Waals surface area (Å²) < 4.78 is 24.7. The van der Waals surface area contributed by atoms with Crippen molar-refractivity contribution in [1.82, 2.24) is 9.78 Å². The molecular weight excluding hydrogens is 314 g/mol. The molecule has 1 aliphatic carbocycles.